The fourth-order valence-corrected chi connectivity index (χ4v) is 3.38. The van der Waals surface area contributed by atoms with Crippen molar-refractivity contribution in [1.29, 1.82) is 0 Å². The van der Waals surface area contributed by atoms with Crippen LogP contribution in [0.1, 0.15) is 30.0 Å². The molecule has 6 heteroatoms. The second kappa shape index (κ2) is 7.32. The molecule has 0 spiro atoms. The molecule has 1 aliphatic heterocycles. The number of nitrogens with one attached hydrogen (secondary N) is 1. The van der Waals surface area contributed by atoms with Crippen LogP contribution in [0.2, 0.25) is 0 Å². The van der Waals surface area contributed by atoms with Crippen molar-refractivity contribution in [3.8, 4) is 0 Å². The van der Waals surface area contributed by atoms with Crippen LogP contribution in [0, 0.1) is 13.8 Å². The Kier molecular flexibility index (Phi) is 5.11. The average Bonchev–Trinajstić information content (AvgIpc) is 2.61. The third-order valence-electron chi connectivity index (χ3n) is 5.22. The predicted octanol–water partition coefficient (Wildman–Crippen LogP) is 1.77. The van der Waals surface area contributed by atoms with Crippen molar-refractivity contribution >= 4 is 22.7 Å². The summed E-state index contributed by atoms with van der Waals surface area (Å²) in [6.45, 7) is 7.89. The first-order valence-corrected chi connectivity index (χ1v) is 9.01. The molecule has 1 N–H and O–H groups in total. The van der Waals surface area contributed by atoms with Gasteiger partial charge in [0.2, 0.25) is 11.8 Å². The highest BCUT2D eigenvalue weighted by Gasteiger charge is 2.22. The second-order valence-corrected chi connectivity index (χ2v) is 7.03. The molecule has 1 aromatic carbocycles. The Morgan fingerprint density at radius 2 is 1.62 bits per heavy atom. The number of H-pyrrole nitrogens is 1. The first-order valence-electron chi connectivity index (χ1n) is 9.01. The van der Waals surface area contributed by atoms with Gasteiger partial charge in [-0.3, -0.25) is 14.4 Å². The van der Waals surface area contributed by atoms with Crippen molar-refractivity contribution < 1.29 is 9.59 Å². The fourth-order valence-electron chi connectivity index (χ4n) is 3.38. The van der Waals surface area contributed by atoms with Gasteiger partial charge < -0.3 is 14.8 Å². The fraction of sp³-hybridized carbons (Fsp3) is 0.450. The third-order valence-corrected chi connectivity index (χ3v) is 5.22. The predicted molar refractivity (Wildman–Crippen MR) is 101 cm³/mol. The Balaban J connectivity index is 1.67. The van der Waals surface area contributed by atoms with E-state index in [0.717, 1.165) is 16.5 Å². The highest BCUT2D eigenvalue weighted by Crippen LogP contribution is 2.18. The molecular weight excluding hydrogens is 330 g/mol. The number of carbonyl (C=O) groups is 2. The molecule has 26 heavy (non-hydrogen) atoms. The number of hydrogen-bond acceptors (Lipinski definition) is 3. The molecule has 1 aliphatic rings. The molecule has 0 atom stereocenters. The number of aromatic nitrogens is 1. The first-order chi connectivity index (χ1) is 12.3. The number of aryl methyl sites for hydroxylation is 3. The number of benzene rings is 1. The Bertz CT molecular complexity index is 908. The Hall–Kier alpha value is -2.63. The lowest BCUT2D eigenvalue weighted by molar-refractivity contribution is -0.138. The van der Waals surface area contributed by atoms with Crippen LogP contribution in [0.25, 0.3) is 10.9 Å². The number of pyridine rings is 1. The second-order valence-electron chi connectivity index (χ2n) is 7.03. The minimum absolute atomic E-state index is 0.0350. The highest BCUT2D eigenvalue weighted by molar-refractivity contribution is 5.81. The van der Waals surface area contributed by atoms with Crippen LogP contribution in [-0.2, 0) is 16.0 Å². The van der Waals surface area contributed by atoms with Crippen LogP contribution in [0.3, 0.4) is 0 Å². The maximum Gasteiger partial charge on any atom is 0.251 e. The molecule has 2 amide bonds. The molecule has 3 rings (SSSR count). The summed E-state index contributed by atoms with van der Waals surface area (Å²) >= 11 is 0. The van der Waals surface area contributed by atoms with E-state index in [-0.39, 0.29) is 17.4 Å². The van der Waals surface area contributed by atoms with Crippen molar-refractivity contribution in [2.45, 2.75) is 33.6 Å². The molecule has 2 aromatic rings. The number of nitrogens with zero attached hydrogens (tertiary/aromatic N) is 2. The van der Waals surface area contributed by atoms with Crippen LogP contribution >= 0.6 is 0 Å². The van der Waals surface area contributed by atoms with Gasteiger partial charge in [-0.25, -0.2) is 0 Å². The molecule has 0 aliphatic carbocycles. The van der Waals surface area contributed by atoms with E-state index in [0.29, 0.717) is 44.6 Å². The topological polar surface area (TPSA) is 73.5 Å². The number of carbonyl (C=O) groups excluding carboxylic acids is 2. The van der Waals surface area contributed by atoms with E-state index >= 15 is 0 Å². The largest absolute Gasteiger partial charge is 0.339 e. The summed E-state index contributed by atoms with van der Waals surface area (Å²) in [7, 11) is 0. The van der Waals surface area contributed by atoms with Gasteiger partial charge in [-0.05, 0) is 55.0 Å². The third kappa shape index (κ3) is 3.79. The summed E-state index contributed by atoms with van der Waals surface area (Å²) in [5, 5.41) is 0.991. The Morgan fingerprint density at radius 3 is 2.27 bits per heavy atom. The van der Waals surface area contributed by atoms with Gasteiger partial charge in [0, 0.05) is 50.6 Å². The van der Waals surface area contributed by atoms with Gasteiger partial charge in [-0.1, -0.05) is 0 Å². The van der Waals surface area contributed by atoms with Crippen LogP contribution in [0.4, 0.5) is 0 Å². The summed E-state index contributed by atoms with van der Waals surface area (Å²) in [5.74, 6) is 0.0816. The van der Waals surface area contributed by atoms with E-state index in [4.69, 9.17) is 0 Å². The van der Waals surface area contributed by atoms with Gasteiger partial charge in [0.25, 0.3) is 5.56 Å². The minimum Gasteiger partial charge on any atom is -0.339 e. The van der Waals surface area contributed by atoms with E-state index in [2.05, 4.69) is 11.1 Å². The Labute approximate surface area is 152 Å². The van der Waals surface area contributed by atoms with Crippen LogP contribution in [-0.4, -0.2) is 52.8 Å². The summed E-state index contributed by atoms with van der Waals surface area (Å²) in [5.41, 5.74) is 3.65. The lowest BCUT2D eigenvalue weighted by Gasteiger charge is -2.34. The first kappa shape index (κ1) is 18.2. The van der Waals surface area contributed by atoms with Crippen molar-refractivity contribution in [2.75, 3.05) is 26.2 Å². The smallest absolute Gasteiger partial charge is 0.251 e. The number of aromatic amines is 1. The minimum atomic E-state index is -0.130. The quantitative estimate of drug-likeness (QED) is 0.912. The van der Waals surface area contributed by atoms with Crippen molar-refractivity contribution in [3.63, 3.8) is 0 Å². The molecule has 0 bridgehead atoms. The molecule has 1 aromatic heterocycles. The number of fused-ring (bicyclic) bond motifs is 1. The number of rotatable bonds is 3. The zero-order chi connectivity index (χ0) is 18.8. The molecule has 0 unspecified atom stereocenters. The van der Waals surface area contributed by atoms with Gasteiger partial charge in [0.05, 0.1) is 0 Å². The van der Waals surface area contributed by atoms with E-state index < -0.39 is 0 Å². The lowest BCUT2D eigenvalue weighted by Crippen LogP contribution is -2.50. The monoisotopic (exact) mass is 355 g/mol. The summed E-state index contributed by atoms with van der Waals surface area (Å²) < 4.78 is 0. The SMILES string of the molecule is CC(=O)N1CCN(C(=O)CCc2cc3cc(C)c(C)cc3[nH]c2=O)CC1. The number of piperazine rings is 1. The van der Waals surface area contributed by atoms with E-state index in [1.54, 1.807) is 16.7 Å². The zero-order valence-corrected chi connectivity index (χ0v) is 15.6. The Morgan fingerprint density at radius 1 is 1.00 bits per heavy atom. The van der Waals surface area contributed by atoms with Gasteiger partial charge >= 0.3 is 0 Å². The standard InChI is InChI=1S/C20H25N3O3/c1-13-10-17-12-16(20(26)21-18(17)11-14(13)2)4-5-19(25)23-8-6-22(7-9-23)15(3)24/h10-12H,4-9H2,1-3H3,(H,21,26). The highest BCUT2D eigenvalue weighted by atomic mass is 16.2. The van der Waals surface area contributed by atoms with E-state index in [1.807, 2.05) is 26.0 Å². The maximum absolute atomic E-state index is 12.4. The van der Waals surface area contributed by atoms with E-state index in [9.17, 15) is 14.4 Å². The number of hydrogen-bond donors (Lipinski definition) is 1. The molecule has 0 radical (unpaired) electrons. The van der Waals surface area contributed by atoms with Gasteiger partial charge in [-0.2, -0.15) is 0 Å². The van der Waals surface area contributed by atoms with Crippen LogP contribution in [0.15, 0.2) is 23.0 Å². The van der Waals surface area contributed by atoms with Gasteiger partial charge in [0.15, 0.2) is 0 Å². The molecule has 1 fully saturated rings. The summed E-state index contributed by atoms with van der Waals surface area (Å²) in [6.07, 6.45) is 0.726. The normalized spacial score (nSPS) is 14.7. The van der Waals surface area contributed by atoms with Gasteiger partial charge in [0.1, 0.15) is 0 Å². The molecule has 6 nitrogen and oxygen atoms in total. The summed E-state index contributed by atoms with van der Waals surface area (Å²) in [6, 6.07) is 5.93. The molecule has 138 valence electrons. The molecule has 2 heterocycles. The molecular formula is C20H25N3O3. The van der Waals surface area contributed by atoms with Crippen molar-refractivity contribution in [3.05, 3.63) is 45.2 Å². The van der Waals surface area contributed by atoms with Crippen LogP contribution in [0.5, 0.6) is 0 Å². The van der Waals surface area contributed by atoms with Gasteiger partial charge in [-0.15, -0.1) is 0 Å². The summed E-state index contributed by atoms with van der Waals surface area (Å²) in [4.78, 5) is 42.6. The van der Waals surface area contributed by atoms with Crippen LogP contribution < -0.4 is 5.56 Å². The molecule has 1 saturated heterocycles. The molecule has 0 saturated carbocycles. The van der Waals surface area contributed by atoms with Crippen molar-refractivity contribution in [1.82, 2.24) is 14.8 Å². The lowest BCUT2D eigenvalue weighted by atomic mass is 10.0. The number of amides is 2. The van der Waals surface area contributed by atoms with Crippen molar-refractivity contribution in [2.24, 2.45) is 0 Å². The van der Waals surface area contributed by atoms with E-state index in [1.165, 1.54) is 5.56 Å². The maximum atomic E-state index is 12.4. The zero-order valence-electron chi connectivity index (χ0n) is 15.6. The average molecular weight is 355 g/mol.